The zero-order valence-electron chi connectivity index (χ0n) is 7.36. The number of rotatable bonds is 1. The van der Waals surface area contributed by atoms with Gasteiger partial charge in [0.05, 0.1) is 11.2 Å². The average molecular weight is 171 g/mol. The van der Waals surface area contributed by atoms with Gasteiger partial charge in [0, 0.05) is 5.39 Å². The van der Waals surface area contributed by atoms with Crippen LogP contribution in [-0.2, 0) is 6.42 Å². The van der Waals surface area contributed by atoms with Gasteiger partial charge < -0.3 is 0 Å². The van der Waals surface area contributed by atoms with Gasteiger partial charge in [-0.25, -0.2) is 0 Å². The Bertz CT molecular complexity index is 476. The first kappa shape index (κ1) is 7.81. The van der Waals surface area contributed by atoms with E-state index >= 15 is 0 Å². The molecular formula is C10H9N3. The van der Waals surface area contributed by atoms with E-state index in [1.54, 1.807) is 0 Å². The highest BCUT2D eigenvalue weighted by Gasteiger charge is 2.06. The summed E-state index contributed by atoms with van der Waals surface area (Å²) in [5.41, 5.74) is 1.87. The molecule has 0 N–H and O–H groups in total. The van der Waals surface area contributed by atoms with Gasteiger partial charge in [0.15, 0.2) is 0 Å². The van der Waals surface area contributed by atoms with E-state index in [-0.39, 0.29) is 0 Å². The second-order valence-electron chi connectivity index (χ2n) is 2.83. The van der Waals surface area contributed by atoms with Crippen molar-refractivity contribution in [3.05, 3.63) is 30.0 Å². The predicted molar refractivity (Wildman–Crippen MR) is 50.1 cm³/mol. The molecule has 0 atom stereocenters. The smallest absolute Gasteiger partial charge is 0.170 e. The first-order valence-electron chi connectivity index (χ1n) is 4.23. The SMILES string of the molecule is CCc1nn(C#N)c2ccccc12. The molecule has 0 aliphatic carbocycles. The standard InChI is InChI=1S/C10H9N3/c1-2-9-8-5-3-4-6-10(8)13(7-11)12-9/h3-6H,2H2,1H3. The topological polar surface area (TPSA) is 41.6 Å². The molecule has 1 aromatic heterocycles. The van der Waals surface area contributed by atoms with Crippen molar-refractivity contribution in [3.8, 4) is 6.19 Å². The van der Waals surface area contributed by atoms with Crippen molar-refractivity contribution in [2.75, 3.05) is 0 Å². The number of aromatic nitrogens is 2. The highest BCUT2D eigenvalue weighted by Crippen LogP contribution is 2.17. The molecule has 0 bridgehead atoms. The summed E-state index contributed by atoms with van der Waals surface area (Å²) in [7, 11) is 0. The van der Waals surface area contributed by atoms with E-state index in [1.807, 2.05) is 37.4 Å². The Morgan fingerprint density at radius 2 is 2.23 bits per heavy atom. The maximum absolute atomic E-state index is 8.79. The van der Waals surface area contributed by atoms with E-state index in [2.05, 4.69) is 5.10 Å². The Hall–Kier alpha value is -1.82. The molecule has 0 spiro atoms. The molecule has 2 rings (SSSR count). The zero-order chi connectivity index (χ0) is 9.26. The number of benzene rings is 1. The number of aryl methyl sites for hydroxylation is 1. The molecule has 1 heterocycles. The summed E-state index contributed by atoms with van der Waals surface area (Å²) in [5, 5.41) is 14.1. The number of para-hydroxylation sites is 1. The van der Waals surface area contributed by atoms with Crippen LogP contribution in [0.4, 0.5) is 0 Å². The van der Waals surface area contributed by atoms with Crippen LogP contribution in [0.15, 0.2) is 24.3 Å². The van der Waals surface area contributed by atoms with Gasteiger partial charge in [0.1, 0.15) is 0 Å². The van der Waals surface area contributed by atoms with Gasteiger partial charge in [-0.2, -0.15) is 15.0 Å². The van der Waals surface area contributed by atoms with E-state index in [0.717, 1.165) is 23.0 Å². The normalized spacial score (nSPS) is 10.2. The minimum Gasteiger partial charge on any atom is -0.170 e. The van der Waals surface area contributed by atoms with Crippen LogP contribution in [0.3, 0.4) is 0 Å². The number of nitriles is 1. The summed E-state index contributed by atoms with van der Waals surface area (Å²) in [6.07, 6.45) is 2.89. The molecule has 1 aromatic carbocycles. The molecule has 0 saturated carbocycles. The lowest BCUT2D eigenvalue weighted by molar-refractivity contribution is 0.876. The molecule has 0 unspecified atom stereocenters. The molecule has 2 aromatic rings. The predicted octanol–water partition coefficient (Wildman–Crippen LogP) is 1.93. The average Bonchev–Trinajstić information content (AvgIpc) is 2.56. The third-order valence-corrected chi connectivity index (χ3v) is 2.09. The third kappa shape index (κ3) is 1.07. The van der Waals surface area contributed by atoms with Crippen LogP contribution in [0.25, 0.3) is 10.9 Å². The molecule has 0 radical (unpaired) electrons. The Balaban J connectivity index is 2.84. The lowest BCUT2D eigenvalue weighted by Gasteiger charge is -1.88. The Morgan fingerprint density at radius 3 is 2.92 bits per heavy atom. The first-order valence-corrected chi connectivity index (χ1v) is 4.23. The van der Waals surface area contributed by atoms with Crippen molar-refractivity contribution in [1.29, 1.82) is 5.26 Å². The molecule has 13 heavy (non-hydrogen) atoms. The Kier molecular flexibility index (Phi) is 1.75. The summed E-state index contributed by atoms with van der Waals surface area (Å²) in [6, 6.07) is 7.78. The number of hydrogen-bond donors (Lipinski definition) is 0. The summed E-state index contributed by atoms with van der Waals surface area (Å²) in [4.78, 5) is 0. The summed E-state index contributed by atoms with van der Waals surface area (Å²) >= 11 is 0. The van der Waals surface area contributed by atoms with Gasteiger partial charge in [0.25, 0.3) is 0 Å². The molecule has 0 aliphatic heterocycles. The molecule has 0 saturated heterocycles. The van der Waals surface area contributed by atoms with E-state index in [1.165, 1.54) is 4.68 Å². The largest absolute Gasteiger partial charge is 0.206 e. The van der Waals surface area contributed by atoms with Crippen molar-refractivity contribution in [2.45, 2.75) is 13.3 Å². The van der Waals surface area contributed by atoms with Crippen molar-refractivity contribution < 1.29 is 0 Å². The molecular weight excluding hydrogens is 162 g/mol. The number of nitrogens with zero attached hydrogens (tertiary/aromatic N) is 3. The number of fused-ring (bicyclic) bond motifs is 1. The summed E-state index contributed by atoms with van der Waals surface area (Å²) in [5.74, 6) is 0. The lowest BCUT2D eigenvalue weighted by atomic mass is 10.2. The lowest BCUT2D eigenvalue weighted by Crippen LogP contribution is -1.90. The highest BCUT2D eigenvalue weighted by molar-refractivity contribution is 5.82. The van der Waals surface area contributed by atoms with Crippen molar-refractivity contribution >= 4 is 10.9 Å². The monoisotopic (exact) mass is 171 g/mol. The minimum atomic E-state index is 0.856. The fourth-order valence-electron chi connectivity index (χ4n) is 1.47. The number of hydrogen-bond acceptors (Lipinski definition) is 2. The van der Waals surface area contributed by atoms with Crippen molar-refractivity contribution in [1.82, 2.24) is 9.78 Å². The zero-order valence-corrected chi connectivity index (χ0v) is 7.36. The second-order valence-corrected chi connectivity index (χ2v) is 2.83. The van der Waals surface area contributed by atoms with Gasteiger partial charge in [-0.15, -0.1) is 0 Å². The maximum Gasteiger partial charge on any atom is 0.206 e. The van der Waals surface area contributed by atoms with Crippen LogP contribution in [0, 0.1) is 11.5 Å². The molecule has 3 nitrogen and oxygen atoms in total. The molecule has 3 heteroatoms. The molecule has 0 amide bonds. The van der Waals surface area contributed by atoms with Gasteiger partial charge >= 0.3 is 0 Å². The van der Waals surface area contributed by atoms with E-state index in [4.69, 9.17) is 5.26 Å². The van der Waals surface area contributed by atoms with E-state index in [9.17, 15) is 0 Å². The quantitative estimate of drug-likeness (QED) is 0.657. The summed E-state index contributed by atoms with van der Waals surface area (Å²) in [6.45, 7) is 2.04. The van der Waals surface area contributed by atoms with E-state index in [0.29, 0.717) is 0 Å². The fraction of sp³-hybridized carbons (Fsp3) is 0.200. The molecule has 0 fully saturated rings. The van der Waals surface area contributed by atoms with Gasteiger partial charge in [-0.3, -0.25) is 0 Å². The molecule has 0 aliphatic rings. The van der Waals surface area contributed by atoms with Crippen LogP contribution in [0.2, 0.25) is 0 Å². The third-order valence-electron chi connectivity index (χ3n) is 2.09. The minimum absolute atomic E-state index is 0.856. The van der Waals surface area contributed by atoms with Crippen LogP contribution in [0.5, 0.6) is 0 Å². The van der Waals surface area contributed by atoms with Crippen LogP contribution < -0.4 is 0 Å². The van der Waals surface area contributed by atoms with Gasteiger partial charge in [0.2, 0.25) is 6.19 Å². The van der Waals surface area contributed by atoms with E-state index < -0.39 is 0 Å². The first-order chi connectivity index (χ1) is 6.36. The maximum atomic E-state index is 8.79. The Morgan fingerprint density at radius 1 is 1.46 bits per heavy atom. The second kappa shape index (κ2) is 2.91. The molecule has 64 valence electrons. The Labute approximate surface area is 76.2 Å². The van der Waals surface area contributed by atoms with Crippen molar-refractivity contribution in [2.24, 2.45) is 0 Å². The summed E-state index contributed by atoms with van der Waals surface area (Å²) < 4.78 is 1.37. The van der Waals surface area contributed by atoms with Gasteiger partial charge in [-0.05, 0) is 12.5 Å². The van der Waals surface area contributed by atoms with Crippen LogP contribution in [0.1, 0.15) is 12.6 Å². The van der Waals surface area contributed by atoms with Gasteiger partial charge in [-0.1, -0.05) is 25.1 Å². The van der Waals surface area contributed by atoms with Crippen LogP contribution in [-0.4, -0.2) is 9.78 Å². The highest BCUT2D eigenvalue weighted by atomic mass is 15.3. The van der Waals surface area contributed by atoms with Crippen molar-refractivity contribution in [3.63, 3.8) is 0 Å². The van der Waals surface area contributed by atoms with Crippen LogP contribution >= 0.6 is 0 Å². The fourth-order valence-corrected chi connectivity index (χ4v) is 1.47.